The van der Waals surface area contributed by atoms with E-state index in [4.69, 9.17) is 9.15 Å². The summed E-state index contributed by atoms with van der Waals surface area (Å²) in [7, 11) is 3.47. The number of hydrogen-bond acceptors (Lipinski definition) is 6. The van der Waals surface area contributed by atoms with Gasteiger partial charge in [-0.1, -0.05) is 30.0 Å². The van der Waals surface area contributed by atoms with Gasteiger partial charge in [-0.2, -0.15) is 0 Å². The first kappa shape index (κ1) is 17.5. The highest BCUT2D eigenvalue weighted by Crippen LogP contribution is 2.28. The number of furan rings is 1. The molecule has 2 aromatic heterocycles. The second-order valence-corrected chi connectivity index (χ2v) is 6.67. The van der Waals surface area contributed by atoms with Gasteiger partial charge in [0, 0.05) is 25.6 Å². The van der Waals surface area contributed by atoms with Crippen molar-refractivity contribution in [3.63, 3.8) is 0 Å². The number of fused-ring (bicyclic) bond motifs is 1. The van der Waals surface area contributed by atoms with Crippen molar-refractivity contribution in [3.05, 3.63) is 30.3 Å². The van der Waals surface area contributed by atoms with Crippen LogP contribution in [0, 0.1) is 0 Å². The van der Waals surface area contributed by atoms with Crippen LogP contribution in [0.3, 0.4) is 0 Å². The highest BCUT2D eigenvalue weighted by Gasteiger charge is 2.16. The molecule has 0 aliphatic rings. The van der Waals surface area contributed by atoms with Crippen molar-refractivity contribution in [2.45, 2.75) is 18.1 Å². The normalized spacial score (nSPS) is 12.4. The van der Waals surface area contributed by atoms with Crippen LogP contribution < -0.4 is 5.32 Å². The van der Waals surface area contributed by atoms with Crippen LogP contribution in [0.5, 0.6) is 0 Å². The van der Waals surface area contributed by atoms with E-state index in [-0.39, 0.29) is 17.7 Å². The summed E-state index contributed by atoms with van der Waals surface area (Å²) < 4.78 is 12.7. The summed E-state index contributed by atoms with van der Waals surface area (Å²) >= 11 is 1.33. The van der Waals surface area contributed by atoms with Crippen molar-refractivity contribution in [1.29, 1.82) is 0 Å². The number of para-hydroxylation sites is 1. The van der Waals surface area contributed by atoms with Crippen molar-refractivity contribution < 1.29 is 13.9 Å². The average molecular weight is 360 g/mol. The molecule has 7 nitrogen and oxygen atoms in total. The smallest absolute Gasteiger partial charge is 0.230 e. The first-order chi connectivity index (χ1) is 12.1. The van der Waals surface area contributed by atoms with Gasteiger partial charge >= 0.3 is 0 Å². The van der Waals surface area contributed by atoms with Crippen molar-refractivity contribution in [2.24, 2.45) is 7.05 Å². The molecule has 1 atom stereocenters. The largest absolute Gasteiger partial charge is 0.453 e. The number of methoxy groups -OCH3 is 1. The fourth-order valence-electron chi connectivity index (χ4n) is 2.49. The number of rotatable bonds is 7. The van der Waals surface area contributed by atoms with E-state index in [9.17, 15) is 4.79 Å². The van der Waals surface area contributed by atoms with E-state index in [1.165, 1.54) is 11.8 Å². The fourth-order valence-corrected chi connectivity index (χ4v) is 3.21. The third kappa shape index (κ3) is 4.02. The number of carbonyl (C=O) groups is 1. The summed E-state index contributed by atoms with van der Waals surface area (Å²) in [5.74, 6) is 1.48. The Bertz CT molecular complexity index is 841. The molecule has 132 valence electrons. The molecule has 0 saturated carbocycles. The predicted molar refractivity (Wildman–Crippen MR) is 96.4 cm³/mol. The lowest BCUT2D eigenvalue weighted by atomic mass is 10.2. The highest BCUT2D eigenvalue weighted by molar-refractivity contribution is 7.99. The van der Waals surface area contributed by atoms with Crippen molar-refractivity contribution >= 4 is 28.6 Å². The van der Waals surface area contributed by atoms with Gasteiger partial charge in [0.1, 0.15) is 5.58 Å². The van der Waals surface area contributed by atoms with Gasteiger partial charge in [-0.05, 0) is 19.1 Å². The van der Waals surface area contributed by atoms with Crippen LogP contribution in [0.1, 0.15) is 6.92 Å². The standard InChI is InChI=1S/C17H20N4O3S/c1-11(9-23-3)18-15(22)10-25-17-20-19-16(21(17)2)14-8-12-6-4-5-7-13(12)24-14/h4-8,11H,9-10H2,1-3H3,(H,18,22)/t11-/m1/s1. The summed E-state index contributed by atoms with van der Waals surface area (Å²) in [6, 6.07) is 9.70. The molecule has 25 heavy (non-hydrogen) atoms. The Labute approximate surface area is 149 Å². The molecule has 8 heteroatoms. The predicted octanol–water partition coefficient (Wildman–Crippen LogP) is 2.47. The minimum Gasteiger partial charge on any atom is -0.453 e. The van der Waals surface area contributed by atoms with Crippen molar-refractivity contribution in [3.8, 4) is 11.6 Å². The van der Waals surface area contributed by atoms with E-state index in [0.717, 1.165) is 11.0 Å². The summed E-state index contributed by atoms with van der Waals surface area (Å²) in [6.45, 7) is 2.38. The Morgan fingerprint density at radius 1 is 1.40 bits per heavy atom. The Hall–Kier alpha value is -2.32. The van der Waals surface area contributed by atoms with E-state index in [1.54, 1.807) is 7.11 Å². The SMILES string of the molecule is COC[C@@H](C)NC(=O)CSc1nnc(-c2cc3ccccc3o2)n1C. The maximum absolute atomic E-state index is 11.9. The van der Waals surface area contributed by atoms with Gasteiger partial charge in [0.05, 0.1) is 12.4 Å². The van der Waals surface area contributed by atoms with Crippen molar-refractivity contribution in [2.75, 3.05) is 19.5 Å². The Morgan fingerprint density at radius 2 is 2.20 bits per heavy atom. The lowest BCUT2D eigenvalue weighted by Gasteiger charge is -2.12. The molecular weight excluding hydrogens is 340 g/mol. The molecule has 0 aliphatic heterocycles. The third-order valence-electron chi connectivity index (χ3n) is 3.64. The molecule has 3 aromatic rings. The van der Waals surface area contributed by atoms with Crippen LogP contribution >= 0.6 is 11.8 Å². The van der Waals surface area contributed by atoms with E-state index in [2.05, 4.69) is 15.5 Å². The monoisotopic (exact) mass is 360 g/mol. The van der Waals surface area contributed by atoms with Crippen LogP contribution in [-0.2, 0) is 16.6 Å². The first-order valence-corrected chi connectivity index (χ1v) is 8.86. The molecule has 0 fully saturated rings. The topological polar surface area (TPSA) is 82.2 Å². The molecule has 3 rings (SSSR count). The van der Waals surface area contributed by atoms with E-state index in [1.807, 2.05) is 48.9 Å². The maximum atomic E-state index is 11.9. The molecule has 0 bridgehead atoms. The zero-order valence-electron chi connectivity index (χ0n) is 14.4. The molecule has 0 saturated heterocycles. The molecule has 1 aromatic carbocycles. The molecule has 0 unspecified atom stereocenters. The number of nitrogens with zero attached hydrogens (tertiary/aromatic N) is 3. The summed E-state index contributed by atoms with van der Waals surface area (Å²) in [5.41, 5.74) is 0.807. The maximum Gasteiger partial charge on any atom is 0.230 e. The Kier molecular flexibility index (Phi) is 5.40. The molecule has 0 aliphatic carbocycles. The van der Waals surface area contributed by atoms with Crippen LogP contribution in [0.2, 0.25) is 0 Å². The number of carbonyl (C=O) groups excluding carboxylic acids is 1. The van der Waals surface area contributed by atoms with Gasteiger partial charge < -0.3 is 19.0 Å². The first-order valence-electron chi connectivity index (χ1n) is 7.88. The summed E-state index contributed by atoms with van der Waals surface area (Å²) in [4.78, 5) is 11.9. The van der Waals surface area contributed by atoms with E-state index >= 15 is 0 Å². The number of benzene rings is 1. The van der Waals surface area contributed by atoms with E-state index < -0.39 is 0 Å². The Balaban J connectivity index is 1.68. The average Bonchev–Trinajstić information content (AvgIpc) is 3.16. The second kappa shape index (κ2) is 7.71. The zero-order chi connectivity index (χ0) is 17.8. The van der Waals surface area contributed by atoms with Crippen LogP contribution in [0.25, 0.3) is 22.6 Å². The number of nitrogens with one attached hydrogen (secondary N) is 1. The molecule has 1 amide bonds. The molecule has 2 heterocycles. The van der Waals surface area contributed by atoms with Gasteiger partial charge in [-0.25, -0.2) is 0 Å². The lowest BCUT2D eigenvalue weighted by Crippen LogP contribution is -2.36. The minimum atomic E-state index is -0.0668. The Morgan fingerprint density at radius 3 is 2.96 bits per heavy atom. The van der Waals surface area contributed by atoms with Crippen LogP contribution in [0.15, 0.2) is 39.9 Å². The van der Waals surface area contributed by atoms with E-state index in [0.29, 0.717) is 23.3 Å². The van der Waals surface area contributed by atoms with Gasteiger partial charge in [0.25, 0.3) is 0 Å². The van der Waals surface area contributed by atoms with Gasteiger partial charge in [0.2, 0.25) is 5.91 Å². The number of hydrogen-bond donors (Lipinski definition) is 1. The molecule has 0 radical (unpaired) electrons. The highest BCUT2D eigenvalue weighted by atomic mass is 32.2. The quantitative estimate of drug-likeness (QED) is 0.652. The third-order valence-corrected chi connectivity index (χ3v) is 4.66. The van der Waals surface area contributed by atoms with Gasteiger partial charge in [-0.15, -0.1) is 10.2 Å². The number of ether oxygens (including phenoxy) is 1. The van der Waals surface area contributed by atoms with Crippen LogP contribution in [0.4, 0.5) is 0 Å². The van der Waals surface area contributed by atoms with Gasteiger partial charge in [0.15, 0.2) is 16.7 Å². The number of aromatic nitrogens is 3. The number of thioether (sulfide) groups is 1. The zero-order valence-corrected chi connectivity index (χ0v) is 15.2. The second-order valence-electron chi connectivity index (χ2n) is 5.73. The molecule has 0 spiro atoms. The number of amides is 1. The van der Waals surface area contributed by atoms with Crippen molar-refractivity contribution in [1.82, 2.24) is 20.1 Å². The summed E-state index contributed by atoms with van der Waals surface area (Å²) in [5, 5.41) is 12.9. The molecule has 1 N–H and O–H groups in total. The summed E-state index contributed by atoms with van der Waals surface area (Å²) in [6.07, 6.45) is 0. The van der Waals surface area contributed by atoms with Gasteiger partial charge in [-0.3, -0.25) is 4.79 Å². The minimum absolute atomic E-state index is 0.0243. The molecular formula is C17H20N4O3S. The lowest BCUT2D eigenvalue weighted by molar-refractivity contribution is -0.119. The van der Waals surface area contributed by atoms with Crippen LogP contribution in [-0.4, -0.2) is 46.2 Å². The fraction of sp³-hybridized carbons (Fsp3) is 0.353.